The van der Waals surface area contributed by atoms with Gasteiger partial charge in [0.25, 0.3) is 0 Å². The molecule has 24 heavy (non-hydrogen) atoms. The molecule has 0 aromatic heterocycles. The molecule has 0 aromatic rings. The van der Waals surface area contributed by atoms with Crippen LogP contribution in [0.3, 0.4) is 0 Å². The molecule has 3 nitrogen and oxygen atoms in total. The Kier molecular flexibility index (Phi) is 16.8. The standard InChI is InChI=1S/C20H33IO3/c1-2-3-12-16-19(22)18(21)15-13-10-8-6-4-5-7-9-11-14-17-20(23)24/h5,7,9,11,14,17-19,22H,2-4,6,8,10,12-13,15-16H2,1H3,(H,23,24). The fourth-order valence-electron chi connectivity index (χ4n) is 2.37. The lowest BCUT2D eigenvalue weighted by Crippen LogP contribution is -2.20. The number of rotatable bonds is 15. The highest BCUT2D eigenvalue weighted by Crippen LogP contribution is 2.20. The predicted molar refractivity (Wildman–Crippen MR) is 111 cm³/mol. The van der Waals surface area contributed by atoms with Crippen LogP contribution in [-0.2, 0) is 4.79 Å². The van der Waals surface area contributed by atoms with E-state index in [1.807, 2.05) is 12.2 Å². The van der Waals surface area contributed by atoms with Crippen LogP contribution in [0, 0.1) is 0 Å². The van der Waals surface area contributed by atoms with Crippen molar-refractivity contribution in [2.45, 2.75) is 81.2 Å². The number of hydrogen-bond acceptors (Lipinski definition) is 2. The first-order valence-corrected chi connectivity index (χ1v) is 10.4. The lowest BCUT2D eigenvalue weighted by Gasteiger charge is -2.17. The maximum atomic E-state index is 10.2. The number of carbonyl (C=O) groups is 1. The molecule has 0 aliphatic carbocycles. The van der Waals surface area contributed by atoms with E-state index >= 15 is 0 Å². The molecule has 4 heteroatoms. The summed E-state index contributed by atoms with van der Waals surface area (Å²) in [5.74, 6) is -0.925. The molecule has 0 aliphatic heterocycles. The van der Waals surface area contributed by atoms with Gasteiger partial charge in [-0.15, -0.1) is 0 Å². The van der Waals surface area contributed by atoms with Crippen LogP contribution in [0.25, 0.3) is 0 Å². The molecule has 0 radical (unpaired) electrons. The molecule has 0 saturated carbocycles. The second-order valence-corrected chi connectivity index (χ2v) is 7.68. The van der Waals surface area contributed by atoms with Crippen LogP contribution in [-0.4, -0.2) is 26.2 Å². The maximum absolute atomic E-state index is 10.2. The topological polar surface area (TPSA) is 57.5 Å². The van der Waals surface area contributed by atoms with E-state index in [-0.39, 0.29) is 6.10 Å². The molecule has 0 aliphatic rings. The minimum atomic E-state index is -0.925. The van der Waals surface area contributed by atoms with Gasteiger partial charge >= 0.3 is 5.97 Å². The summed E-state index contributed by atoms with van der Waals surface area (Å²) in [6.45, 7) is 2.19. The largest absolute Gasteiger partial charge is 0.478 e. The van der Waals surface area contributed by atoms with Gasteiger partial charge in [-0.3, -0.25) is 0 Å². The Morgan fingerprint density at radius 3 is 2.33 bits per heavy atom. The zero-order chi connectivity index (χ0) is 18.0. The maximum Gasteiger partial charge on any atom is 0.328 e. The van der Waals surface area contributed by atoms with Crippen molar-refractivity contribution in [2.75, 3.05) is 0 Å². The SMILES string of the molecule is CCCCCC(O)C(I)CCCCCCC=CC=CC=CC(=O)O. The number of unbranched alkanes of at least 4 members (excludes halogenated alkanes) is 6. The monoisotopic (exact) mass is 448 g/mol. The summed E-state index contributed by atoms with van der Waals surface area (Å²) in [5.41, 5.74) is 0. The molecule has 0 heterocycles. The van der Waals surface area contributed by atoms with Crippen LogP contribution in [0.5, 0.6) is 0 Å². The molecule has 0 bridgehead atoms. The molecule has 138 valence electrons. The highest BCUT2D eigenvalue weighted by Gasteiger charge is 2.14. The number of aliphatic hydroxyl groups excluding tert-OH is 1. The normalized spacial score (nSPS) is 14.8. The molecule has 2 atom stereocenters. The Morgan fingerprint density at radius 2 is 1.62 bits per heavy atom. The van der Waals surface area contributed by atoms with E-state index in [4.69, 9.17) is 5.11 Å². The summed E-state index contributed by atoms with van der Waals surface area (Å²) in [7, 11) is 0. The summed E-state index contributed by atoms with van der Waals surface area (Å²) < 4.78 is 0.392. The van der Waals surface area contributed by atoms with Crippen LogP contribution in [0.4, 0.5) is 0 Å². The number of carboxylic acids is 1. The molecule has 0 aromatic carbocycles. The van der Waals surface area contributed by atoms with Gasteiger partial charge in [-0.05, 0) is 25.7 Å². The lowest BCUT2D eigenvalue weighted by atomic mass is 10.0. The van der Waals surface area contributed by atoms with Crippen LogP contribution in [0.1, 0.15) is 71.1 Å². The first-order chi connectivity index (χ1) is 11.6. The quantitative estimate of drug-likeness (QED) is 0.109. The van der Waals surface area contributed by atoms with E-state index in [9.17, 15) is 9.90 Å². The number of allylic oxidation sites excluding steroid dienone is 5. The van der Waals surface area contributed by atoms with Gasteiger partial charge in [0.1, 0.15) is 0 Å². The van der Waals surface area contributed by atoms with Crippen molar-refractivity contribution < 1.29 is 15.0 Å². The number of aliphatic hydroxyl groups is 1. The van der Waals surface area contributed by atoms with E-state index in [2.05, 4.69) is 35.6 Å². The zero-order valence-electron chi connectivity index (χ0n) is 14.9. The van der Waals surface area contributed by atoms with Gasteiger partial charge in [-0.2, -0.15) is 0 Å². The van der Waals surface area contributed by atoms with E-state index in [0.29, 0.717) is 3.92 Å². The Bertz CT molecular complexity index is 388. The van der Waals surface area contributed by atoms with E-state index < -0.39 is 5.97 Å². The Hall–Kier alpha value is -0.620. The second-order valence-electron chi connectivity index (χ2n) is 6.08. The van der Waals surface area contributed by atoms with E-state index in [1.165, 1.54) is 44.6 Å². The molecule has 2 N–H and O–H groups in total. The van der Waals surface area contributed by atoms with Crippen molar-refractivity contribution in [2.24, 2.45) is 0 Å². The Labute approximate surface area is 161 Å². The average Bonchev–Trinajstić information content (AvgIpc) is 2.55. The van der Waals surface area contributed by atoms with Crippen molar-refractivity contribution in [1.82, 2.24) is 0 Å². The molecule has 0 rings (SSSR count). The van der Waals surface area contributed by atoms with Crippen LogP contribution in [0.2, 0.25) is 0 Å². The minimum absolute atomic E-state index is 0.137. The molecular formula is C20H33IO3. The molecule has 2 unspecified atom stereocenters. The molecule has 0 amide bonds. The predicted octanol–water partition coefficient (Wildman–Crippen LogP) is 5.83. The van der Waals surface area contributed by atoms with Gasteiger partial charge in [-0.1, -0.05) is 98.4 Å². The summed E-state index contributed by atoms with van der Waals surface area (Å²) in [5, 5.41) is 18.5. The van der Waals surface area contributed by atoms with Crippen molar-refractivity contribution in [3.8, 4) is 0 Å². The fraction of sp³-hybridized carbons (Fsp3) is 0.650. The number of hydrogen-bond donors (Lipinski definition) is 2. The smallest absolute Gasteiger partial charge is 0.328 e. The van der Waals surface area contributed by atoms with E-state index in [0.717, 1.165) is 31.8 Å². The van der Waals surface area contributed by atoms with Gasteiger partial charge in [0.2, 0.25) is 0 Å². The second kappa shape index (κ2) is 17.2. The third-order valence-electron chi connectivity index (χ3n) is 3.83. The first kappa shape index (κ1) is 23.4. The minimum Gasteiger partial charge on any atom is -0.478 e. The Morgan fingerprint density at radius 1 is 0.958 bits per heavy atom. The summed E-state index contributed by atoms with van der Waals surface area (Å²) >= 11 is 2.40. The highest BCUT2D eigenvalue weighted by molar-refractivity contribution is 14.1. The van der Waals surface area contributed by atoms with Gasteiger partial charge < -0.3 is 10.2 Å². The Balaban J connectivity index is 3.51. The third-order valence-corrected chi connectivity index (χ3v) is 5.28. The van der Waals surface area contributed by atoms with Crippen LogP contribution in [0.15, 0.2) is 36.5 Å². The summed E-state index contributed by atoms with van der Waals surface area (Å²) in [4.78, 5) is 10.2. The van der Waals surface area contributed by atoms with Crippen molar-refractivity contribution in [1.29, 1.82) is 0 Å². The number of alkyl halides is 1. The van der Waals surface area contributed by atoms with Gasteiger partial charge in [0, 0.05) is 10.0 Å². The highest BCUT2D eigenvalue weighted by atomic mass is 127. The third kappa shape index (κ3) is 16.2. The van der Waals surface area contributed by atoms with Gasteiger partial charge in [-0.25, -0.2) is 4.79 Å². The van der Waals surface area contributed by atoms with Crippen LogP contribution < -0.4 is 0 Å². The number of carboxylic acid groups (broad SMARTS) is 1. The van der Waals surface area contributed by atoms with Crippen LogP contribution >= 0.6 is 22.6 Å². The van der Waals surface area contributed by atoms with E-state index in [1.54, 1.807) is 6.08 Å². The van der Waals surface area contributed by atoms with Crippen molar-refractivity contribution >= 4 is 28.6 Å². The van der Waals surface area contributed by atoms with Crippen molar-refractivity contribution in [3.05, 3.63) is 36.5 Å². The number of halogens is 1. The summed E-state index contributed by atoms with van der Waals surface area (Å²) in [6, 6.07) is 0. The lowest BCUT2D eigenvalue weighted by molar-refractivity contribution is -0.131. The van der Waals surface area contributed by atoms with Crippen molar-refractivity contribution in [3.63, 3.8) is 0 Å². The first-order valence-electron chi connectivity index (χ1n) is 9.12. The van der Waals surface area contributed by atoms with Gasteiger partial charge in [0.15, 0.2) is 0 Å². The average molecular weight is 448 g/mol. The molecule has 0 fully saturated rings. The molecular weight excluding hydrogens is 415 g/mol. The number of aliphatic carboxylic acids is 1. The molecule has 0 saturated heterocycles. The summed E-state index contributed by atoms with van der Waals surface area (Å²) in [6.07, 6.45) is 21.7. The van der Waals surface area contributed by atoms with Gasteiger partial charge in [0.05, 0.1) is 6.10 Å². The zero-order valence-corrected chi connectivity index (χ0v) is 17.0. The molecule has 0 spiro atoms. The fourth-order valence-corrected chi connectivity index (χ4v) is 3.17.